The van der Waals surface area contributed by atoms with Crippen molar-refractivity contribution >= 4 is 23.1 Å². The van der Waals surface area contributed by atoms with Gasteiger partial charge >= 0.3 is 7.82 Å². The van der Waals surface area contributed by atoms with E-state index in [0.29, 0.717) is 12.3 Å². The average Bonchev–Trinajstić information content (AvgIpc) is 3.10. The first-order valence-corrected chi connectivity index (χ1v) is 11.8. The van der Waals surface area contributed by atoms with Crippen molar-refractivity contribution in [2.45, 2.75) is 40.5 Å². The lowest BCUT2D eigenvalue weighted by Gasteiger charge is -2.47. The van der Waals surface area contributed by atoms with Crippen LogP contribution in [0.3, 0.4) is 0 Å². The lowest BCUT2D eigenvalue weighted by atomic mass is 10.3. The minimum absolute atomic E-state index is 0.000237. The lowest BCUT2D eigenvalue weighted by Crippen LogP contribution is -2.42. The highest BCUT2D eigenvalue weighted by molar-refractivity contribution is 8.46. The number of allylic oxidation sites excluding steroid dienone is 4. The van der Waals surface area contributed by atoms with Gasteiger partial charge in [-0.3, -0.25) is 9.66 Å². The Balaban J connectivity index is 1.98. The Kier molecular flexibility index (Phi) is 6.35. The fraction of sp³-hybridized carbons (Fsp3) is 0.562. The quantitative estimate of drug-likeness (QED) is 0.550. The summed E-state index contributed by atoms with van der Waals surface area (Å²) in [5.74, 6) is 1.57. The van der Waals surface area contributed by atoms with E-state index in [0.717, 1.165) is 34.3 Å². The van der Waals surface area contributed by atoms with Crippen LogP contribution in [0.4, 0.5) is 0 Å². The molecule has 0 aliphatic carbocycles. The summed E-state index contributed by atoms with van der Waals surface area (Å²) in [6.07, 6.45) is 5.58. The summed E-state index contributed by atoms with van der Waals surface area (Å²) >= 11 is 0. The Morgan fingerprint density at radius 1 is 1.52 bits per heavy atom. The molecule has 7 nitrogen and oxygen atoms in total. The third kappa shape index (κ3) is 5.06. The van der Waals surface area contributed by atoms with Crippen molar-refractivity contribution in [3.63, 3.8) is 0 Å². The monoisotopic (exact) mass is 389 g/mol. The first-order chi connectivity index (χ1) is 11.6. The second kappa shape index (κ2) is 7.78. The van der Waals surface area contributed by atoms with Crippen molar-refractivity contribution in [2.24, 2.45) is 10.1 Å². The molecule has 9 heteroatoms. The summed E-state index contributed by atoms with van der Waals surface area (Å²) in [6.45, 7) is 8.07. The zero-order valence-corrected chi connectivity index (χ0v) is 16.9. The number of nitrogens with two attached hydrogens (primary N) is 1. The predicted molar refractivity (Wildman–Crippen MR) is 104 cm³/mol. The second-order valence-corrected chi connectivity index (χ2v) is 10.3. The molecule has 1 unspecified atom stereocenters. The molecular weight excluding hydrogens is 361 g/mol. The molecule has 0 bridgehead atoms. The fourth-order valence-electron chi connectivity index (χ4n) is 2.89. The van der Waals surface area contributed by atoms with E-state index < -0.39 is 18.0 Å². The zero-order chi connectivity index (χ0) is 18.8. The molecule has 0 radical (unpaired) electrons. The molecule has 0 aromatic carbocycles. The number of hydrogen-bond acceptors (Lipinski definition) is 5. The van der Waals surface area contributed by atoms with Gasteiger partial charge in [-0.1, -0.05) is 19.1 Å². The summed E-state index contributed by atoms with van der Waals surface area (Å²) in [5.41, 5.74) is 4.37. The Labute approximate surface area is 151 Å². The van der Waals surface area contributed by atoms with E-state index in [2.05, 4.69) is 28.5 Å². The maximum absolute atomic E-state index is 10.7. The minimum atomic E-state index is -4.41. The van der Waals surface area contributed by atoms with E-state index in [-0.39, 0.29) is 6.61 Å². The van der Waals surface area contributed by atoms with Crippen LogP contribution < -0.4 is 5.14 Å². The van der Waals surface area contributed by atoms with Crippen molar-refractivity contribution in [1.29, 1.82) is 0 Å². The molecule has 2 rings (SSSR count). The third-order valence-electron chi connectivity index (χ3n) is 4.25. The van der Waals surface area contributed by atoms with Gasteiger partial charge < -0.3 is 14.7 Å². The number of nitrogens with zero attached hydrogens (tertiary/aromatic N) is 2. The molecule has 0 aromatic heterocycles. The molecule has 0 saturated carbocycles. The van der Waals surface area contributed by atoms with Crippen LogP contribution in [-0.4, -0.2) is 38.0 Å². The highest BCUT2D eigenvalue weighted by atomic mass is 32.3. The first-order valence-electron chi connectivity index (χ1n) is 8.26. The molecule has 2 aliphatic heterocycles. The van der Waals surface area contributed by atoms with Gasteiger partial charge in [0.25, 0.3) is 0 Å². The molecule has 142 valence electrons. The number of rotatable bonds is 8. The summed E-state index contributed by atoms with van der Waals surface area (Å²) in [7, 11) is -5.89. The second-order valence-electron chi connectivity index (χ2n) is 6.24. The highest BCUT2D eigenvalue weighted by Gasteiger charge is 2.44. The standard InChI is InChI=1S/C16H28N3O4PS/c1-5-7-12(3)18-16-14(6-2)10-25(16,17)11-19-13(4)15(19)8-9-23-24(20,21)22/h6-7H,5,8-11,17H2,1-4H3,(H2,20,21,22)/b12-7+,14-6-,18-16-. The molecule has 2 heterocycles. The van der Waals surface area contributed by atoms with Crippen LogP contribution in [0.15, 0.2) is 39.8 Å². The van der Waals surface area contributed by atoms with Crippen LogP contribution in [0, 0.1) is 0 Å². The van der Waals surface area contributed by atoms with E-state index in [9.17, 15) is 4.57 Å². The third-order valence-corrected chi connectivity index (χ3v) is 7.44. The van der Waals surface area contributed by atoms with Crippen molar-refractivity contribution < 1.29 is 18.9 Å². The van der Waals surface area contributed by atoms with Gasteiger partial charge in [-0.25, -0.2) is 9.56 Å². The molecule has 25 heavy (non-hydrogen) atoms. The largest absolute Gasteiger partial charge is 0.469 e. The number of hydrogen-bond donors (Lipinski definition) is 3. The van der Waals surface area contributed by atoms with Crippen LogP contribution in [0.5, 0.6) is 0 Å². The number of phosphoric acid groups is 1. The normalized spacial score (nSPS) is 29.9. The van der Waals surface area contributed by atoms with Crippen molar-refractivity contribution in [3.05, 3.63) is 34.8 Å². The molecule has 1 fully saturated rings. The number of aliphatic imine (C=N–C) groups is 1. The molecule has 4 N–H and O–H groups in total. The molecular formula is C16H28N3O4PS. The fourth-order valence-corrected chi connectivity index (χ4v) is 6.03. The van der Waals surface area contributed by atoms with Crippen LogP contribution in [0.2, 0.25) is 0 Å². The zero-order valence-electron chi connectivity index (χ0n) is 15.2. The van der Waals surface area contributed by atoms with Gasteiger partial charge in [-0.05, 0) is 32.8 Å². The van der Waals surface area contributed by atoms with Crippen LogP contribution in [0.25, 0.3) is 0 Å². The van der Waals surface area contributed by atoms with Gasteiger partial charge in [0.05, 0.1) is 17.5 Å². The summed E-state index contributed by atoms with van der Waals surface area (Å²) < 4.78 is 15.3. The summed E-state index contributed by atoms with van der Waals surface area (Å²) in [6, 6.07) is 0. The SMILES string of the molecule is C/C=C1/CS(N)(CN2C(C)=C2CCOP(=O)(O)O)/C1=N\C(C)=C\CC. The van der Waals surface area contributed by atoms with E-state index in [1.165, 1.54) is 5.57 Å². The Hall–Kier alpha value is -0.890. The Bertz CT molecular complexity index is 710. The summed E-state index contributed by atoms with van der Waals surface area (Å²) in [4.78, 5) is 24.4. The molecule has 0 spiro atoms. The number of phosphoric ester groups is 1. The van der Waals surface area contributed by atoms with Crippen LogP contribution in [-0.2, 0) is 9.09 Å². The maximum Gasteiger partial charge on any atom is 0.469 e. The van der Waals surface area contributed by atoms with Gasteiger partial charge in [-0.2, -0.15) is 0 Å². The maximum atomic E-state index is 10.7. The first kappa shape index (κ1) is 20.4. The van der Waals surface area contributed by atoms with Crippen molar-refractivity contribution in [3.8, 4) is 0 Å². The molecule has 0 aromatic rings. The van der Waals surface area contributed by atoms with Gasteiger partial charge in [0.1, 0.15) is 0 Å². The predicted octanol–water partition coefficient (Wildman–Crippen LogP) is 3.34. The van der Waals surface area contributed by atoms with Crippen LogP contribution >= 0.6 is 18.0 Å². The van der Waals surface area contributed by atoms with Crippen LogP contribution in [0.1, 0.15) is 40.5 Å². The Morgan fingerprint density at radius 2 is 2.20 bits per heavy atom. The average molecular weight is 389 g/mol. The van der Waals surface area contributed by atoms with Gasteiger partial charge in [-0.15, -0.1) is 10.2 Å². The lowest BCUT2D eigenvalue weighted by molar-refractivity contribution is 0.198. The highest BCUT2D eigenvalue weighted by Crippen LogP contribution is 2.58. The topological polar surface area (TPSA) is 108 Å². The summed E-state index contributed by atoms with van der Waals surface area (Å²) in [5, 5.41) is 7.70. The minimum Gasteiger partial charge on any atom is -0.336 e. The van der Waals surface area contributed by atoms with Gasteiger partial charge in [0.15, 0.2) is 0 Å². The molecule has 1 atom stereocenters. The molecule has 0 amide bonds. The van der Waals surface area contributed by atoms with Crippen molar-refractivity contribution in [1.82, 2.24) is 4.90 Å². The van der Waals surface area contributed by atoms with E-state index >= 15 is 0 Å². The van der Waals surface area contributed by atoms with Gasteiger partial charge in [0, 0.05) is 29.3 Å². The smallest absolute Gasteiger partial charge is 0.336 e. The van der Waals surface area contributed by atoms with Crippen molar-refractivity contribution in [2.75, 3.05) is 18.2 Å². The molecule has 1 saturated heterocycles. The van der Waals surface area contributed by atoms with E-state index in [1.807, 2.05) is 20.8 Å². The van der Waals surface area contributed by atoms with E-state index in [1.54, 1.807) is 0 Å². The molecule has 2 aliphatic rings. The van der Waals surface area contributed by atoms with Gasteiger partial charge in [0.2, 0.25) is 0 Å². The Morgan fingerprint density at radius 3 is 2.76 bits per heavy atom. The van der Waals surface area contributed by atoms with E-state index in [4.69, 9.17) is 19.9 Å².